The highest BCUT2D eigenvalue weighted by Gasteiger charge is 2.20. The summed E-state index contributed by atoms with van der Waals surface area (Å²) in [4.78, 5) is 16.9. The van der Waals surface area contributed by atoms with Gasteiger partial charge in [0.25, 0.3) is 5.91 Å². The average Bonchev–Trinajstić information content (AvgIpc) is 2.84. The van der Waals surface area contributed by atoms with Crippen LogP contribution in [0, 0.1) is 5.92 Å². The van der Waals surface area contributed by atoms with Gasteiger partial charge in [-0.15, -0.1) is 0 Å². The molecule has 0 spiro atoms. The fourth-order valence-electron chi connectivity index (χ4n) is 2.02. The molecule has 2 N–H and O–H groups in total. The zero-order chi connectivity index (χ0) is 11.5. The van der Waals surface area contributed by atoms with Gasteiger partial charge in [0.05, 0.1) is 0 Å². The SMILES string of the molecule is CN1CCC(CNC(=O)c2cc(Br)c[nH]2)C1. The second-order valence-corrected chi connectivity index (χ2v) is 5.27. The Hall–Kier alpha value is -0.810. The van der Waals surface area contributed by atoms with Crippen LogP contribution in [-0.2, 0) is 0 Å². The number of H-pyrrole nitrogens is 1. The molecular formula is C11H16BrN3O. The molecule has 0 aromatic carbocycles. The Morgan fingerprint density at radius 2 is 2.56 bits per heavy atom. The number of hydrogen-bond donors (Lipinski definition) is 2. The van der Waals surface area contributed by atoms with E-state index in [9.17, 15) is 4.79 Å². The minimum atomic E-state index is -0.0275. The van der Waals surface area contributed by atoms with E-state index in [1.807, 2.05) is 0 Å². The van der Waals surface area contributed by atoms with Crippen LogP contribution in [0.2, 0.25) is 0 Å². The fourth-order valence-corrected chi connectivity index (χ4v) is 2.37. The predicted octanol–water partition coefficient (Wildman–Crippen LogP) is 1.46. The molecule has 2 rings (SSSR count). The molecule has 1 aliphatic heterocycles. The third-order valence-corrected chi connectivity index (χ3v) is 3.39. The van der Waals surface area contributed by atoms with Crippen molar-refractivity contribution in [3.63, 3.8) is 0 Å². The summed E-state index contributed by atoms with van der Waals surface area (Å²) < 4.78 is 0.901. The van der Waals surface area contributed by atoms with E-state index < -0.39 is 0 Å². The van der Waals surface area contributed by atoms with Crippen molar-refractivity contribution < 1.29 is 4.79 Å². The first-order valence-electron chi connectivity index (χ1n) is 5.46. The van der Waals surface area contributed by atoms with Gasteiger partial charge >= 0.3 is 0 Å². The first kappa shape index (κ1) is 11.7. The molecule has 0 aliphatic carbocycles. The number of likely N-dealkylation sites (tertiary alicyclic amines) is 1. The zero-order valence-corrected chi connectivity index (χ0v) is 10.9. The lowest BCUT2D eigenvalue weighted by molar-refractivity contribution is 0.0943. The van der Waals surface area contributed by atoms with Crippen molar-refractivity contribution in [1.29, 1.82) is 0 Å². The first-order chi connectivity index (χ1) is 7.65. The second kappa shape index (κ2) is 5.01. The Bertz CT molecular complexity index is 377. The Morgan fingerprint density at radius 1 is 1.75 bits per heavy atom. The number of carbonyl (C=O) groups is 1. The van der Waals surface area contributed by atoms with Crippen molar-refractivity contribution in [2.45, 2.75) is 6.42 Å². The zero-order valence-electron chi connectivity index (χ0n) is 9.29. The Balaban J connectivity index is 1.80. The molecule has 4 nitrogen and oxygen atoms in total. The number of hydrogen-bond acceptors (Lipinski definition) is 2. The van der Waals surface area contributed by atoms with Crippen LogP contribution in [-0.4, -0.2) is 42.5 Å². The number of nitrogens with zero attached hydrogens (tertiary/aromatic N) is 1. The van der Waals surface area contributed by atoms with E-state index in [1.54, 1.807) is 12.3 Å². The van der Waals surface area contributed by atoms with Crippen LogP contribution in [0.25, 0.3) is 0 Å². The molecule has 0 radical (unpaired) electrons. The van der Waals surface area contributed by atoms with Crippen LogP contribution in [0.15, 0.2) is 16.7 Å². The van der Waals surface area contributed by atoms with Gasteiger partial charge < -0.3 is 15.2 Å². The molecule has 1 saturated heterocycles. The van der Waals surface area contributed by atoms with E-state index in [2.05, 4.69) is 38.2 Å². The number of halogens is 1. The first-order valence-corrected chi connectivity index (χ1v) is 6.25. The maximum Gasteiger partial charge on any atom is 0.267 e. The lowest BCUT2D eigenvalue weighted by Gasteiger charge is -2.10. The van der Waals surface area contributed by atoms with Gasteiger partial charge in [0.2, 0.25) is 0 Å². The summed E-state index contributed by atoms with van der Waals surface area (Å²) in [5.41, 5.74) is 0.609. The molecule has 16 heavy (non-hydrogen) atoms. The Kier molecular flexibility index (Phi) is 3.66. The Labute approximate surface area is 104 Å². The minimum Gasteiger partial charge on any atom is -0.356 e. The van der Waals surface area contributed by atoms with Gasteiger partial charge in [-0.05, 0) is 47.9 Å². The molecule has 5 heteroatoms. The monoisotopic (exact) mass is 285 g/mol. The van der Waals surface area contributed by atoms with E-state index in [4.69, 9.17) is 0 Å². The van der Waals surface area contributed by atoms with Gasteiger partial charge in [0.15, 0.2) is 0 Å². The lowest BCUT2D eigenvalue weighted by Crippen LogP contribution is -2.30. The fraction of sp³-hybridized carbons (Fsp3) is 0.545. The molecular weight excluding hydrogens is 270 g/mol. The Morgan fingerprint density at radius 3 is 3.12 bits per heavy atom. The van der Waals surface area contributed by atoms with Crippen molar-refractivity contribution >= 4 is 21.8 Å². The summed E-state index contributed by atoms with van der Waals surface area (Å²) >= 11 is 3.31. The number of amides is 1. The van der Waals surface area contributed by atoms with Gasteiger partial charge in [-0.25, -0.2) is 0 Å². The number of carbonyl (C=O) groups excluding carboxylic acids is 1. The molecule has 1 atom stereocenters. The molecule has 1 fully saturated rings. The van der Waals surface area contributed by atoms with Crippen molar-refractivity contribution in [1.82, 2.24) is 15.2 Å². The summed E-state index contributed by atoms with van der Waals surface area (Å²) in [5.74, 6) is 0.563. The largest absolute Gasteiger partial charge is 0.356 e. The third-order valence-electron chi connectivity index (χ3n) is 2.93. The summed E-state index contributed by atoms with van der Waals surface area (Å²) in [6.07, 6.45) is 2.93. The molecule has 2 heterocycles. The summed E-state index contributed by atoms with van der Waals surface area (Å²) in [5, 5.41) is 2.96. The van der Waals surface area contributed by atoms with Gasteiger partial charge in [0, 0.05) is 23.8 Å². The molecule has 1 aliphatic rings. The van der Waals surface area contributed by atoms with Crippen molar-refractivity contribution in [2.75, 3.05) is 26.7 Å². The van der Waals surface area contributed by atoms with E-state index in [0.717, 1.165) is 24.1 Å². The van der Waals surface area contributed by atoms with Crippen molar-refractivity contribution in [2.24, 2.45) is 5.92 Å². The molecule has 1 aromatic heterocycles. The van der Waals surface area contributed by atoms with Gasteiger partial charge in [0.1, 0.15) is 5.69 Å². The van der Waals surface area contributed by atoms with E-state index in [-0.39, 0.29) is 5.91 Å². The van der Waals surface area contributed by atoms with Gasteiger partial charge in [-0.1, -0.05) is 0 Å². The number of aromatic nitrogens is 1. The molecule has 0 bridgehead atoms. The van der Waals surface area contributed by atoms with Crippen LogP contribution in [0.1, 0.15) is 16.9 Å². The van der Waals surface area contributed by atoms with E-state index in [0.29, 0.717) is 11.6 Å². The van der Waals surface area contributed by atoms with Crippen LogP contribution in [0.5, 0.6) is 0 Å². The highest BCUT2D eigenvalue weighted by molar-refractivity contribution is 9.10. The van der Waals surface area contributed by atoms with Crippen LogP contribution < -0.4 is 5.32 Å². The standard InChI is InChI=1S/C11H16BrN3O/c1-15-3-2-8(7-15)5-14-11(16)10-4-9(12)6-13-10/h4,6,8,13H,2-3,5,7H2,1H3,(H,14,16). The lowest BCUT2D eigenvalue weighted by atomic mass is 10.1. The van der Waals surface area contributed by atoms with Gasteiger partial charge in [-0.3, -0.25) is 4.79 Å². The van der Waals surface area contributed by atoms with E-state index in [1.165, 1.54) is 6.42 Å². The van der Waals surface area contributed by atoms with Gasteiger partial charge in [-0.2, -0.15) is 0 Å². The third kappa shape index (κ3) is 2.86. The minimum absolute atomic E-state index is 0.0275. The van der Waals surface area contributed by atoms with Crippen LogP contribution >= 0.6 is 15.9 Å². The molecule has 1 unspecified atom stereocenters. The van der Waals surface area contributed by atoms with E-state index >= 15 is 0 Å². The van der Waals surface area contributed by atoms with Crippen molar-refractivity contribution in [3.05, 3.63) is 22.4 Å². The summed E-state index contributed by atoms with van der Waals surface area (Å²) in [6, 6.07) is 1.79. The van der Waals surface area contributed by atoms with Crippen molar-refractivity contribution in [3.8, 4) is 0 Å². The van der Waals surface area contributed by atoms with Crippen LogP contribution in [0.4, 0.5) is 0 Å². The number of nitrogens with one attached hydrogen (secondary N) is 2. The smallest absolute Gasteiger partial charge is 0.267 e. The normalized spacial score (nSPS) is 21.2. The summed E-state index contributed by atoms with van der Waals surface area (Å²) in [6.45, 7) is 2.98. The predicted molar refractivity (Wildman–Crippen MR) is 66.4 cm³/mol. The van der Waals surface area contributed by atoms with Crippen LogP contribution in [0.3, 0.4) is 0 Å². The molecule has 88 valence electrons. The number of aromatic amines is 1. The highest BCUT2D eigenvalue weighted by atomic mass is 79.9. The molecule has 1 aromatic rings. The quantitative estimate of drug-likeness (QED) is 0.883. The topological polar surface area (TPSA) is 48.1 Å². The number of rotatable bonds is 3. The molecule has 1 amide bonds. The highest BCUT2D eigenvalue weighted by Crippen LogP contribution is 2.14. The summed E-state index contributed by atoms with van der Waals surface area (Å²) in [7, 11) is 2.11. The molecule has 0 saturated carbocycles. The second-order valence-electron chi connectivity index (χ2n) is 4.36. The average molecular weight is 286 g/mol. The maximum atomic E-state index is 11.7. The maximum absolute atomic E-state index is 11.7.